The molecule has 11 heteroatoms. The van der Waals surface area contributed by atoms with E-state index in [1.165, 1.54) is 6.20 Å². The molecule has 1 atom stereocenters. The maximum atomic E-state index is 11.6. The Morgan fingerprint density at radius 1 is 1.55 bits per heavy atom. The zero-order valence-electron chi connectivity index (χ0n) is 10.3. The zero-order valence-corrected chi connectivity index (χ0v) is 13.5. The van der Waals surface area contributed by atoms with Crippen LogP contribution in [-0.2, 0) is 14.6 Å². The number of carboxylic acid groups (broad SMARTS) is 1. The van der Waals surface area contributed by atoms with Gasteiger partial charge in [0, 0.05) is 6.26 Å². The van der Waals surface area contributed by atoms with Crippen LogP contribution in [0.15, 0.2) is 9.98 Å². The van der Waals surface area contributed by atoms with E-state index in [-0.39, 0.29) is 12.2 Å². The molecule has 0 bridgehead atoms. The van der Waals surface area contributed by atoms with Gasteiger partial charge in [0.2, 0.25) is 0 Å². The number of rotatable bonds is 6. The van der Waals surface area contributed by atoms with E-state index in [0.717, 1.165) is 17.6 Å². The Kier molecular flexibility index (Phi) is 5.89. The van der Waals surface area contributed by atoms with Crippen molar-refractivity contribution in [3.8, 4) is 0 Å². The van der Waals surface area contributed by atoms with Crippen molar-refractivity contribution in [2.24, 2.45) is 0 Å². The molecule has 0 spiro atoms. The molecule has 0 radical (unpaired) electrons. The average Bonchev–Trinajstić information content (AvgIpc) is 2.68. The molecule has 0 saturated heterocycles. The van der Waals surface area contributed by atoms with E-state index in [2.05, 4.69) is 31.5 Å². The fourth-order valence-corrected chi connectivity index (χ4v) is 2.96. The highest BCUT2D eigenvalue weighted by Gasteiger charge is 2.22. The van der Waals surface area contributed by atoms with Gasteiger partial charge in [0.15, 0.2) is 5.13 Å². The van der Waals surface area contributed by atoms with Crippen LogP contribution in [0.25, 0.3) is 0 Å². The van der Waals surface area contributed by atoms with E-state index in [1.54, 1.807) is 0 Å². The summed E-state index contributed by atoms with van der Waals surface area (Å²) in [6, 6.07) is -2.04. The van der Waals surface area contributed by atoms with Crippen molar-refractivity contribution >= 4 is 54.2 Å². The summed E-state index contributed by atoms with van der Waals surface area (Å²) in [5.74, 6) is -1.63. The monoisotopic (exact) mass is 385 g/mol. The number of carboxylic acids is 1. The largest absolute Gasteiger partial charge is 0.480 e. The second-order valence-corrected chi connectivity index (χ2v) is 8.55. The first-order chi connectivity index (χ1) is 9.17. The molecular weight excluding hydrogens is 374 g/mol. The van der Waals surface area contributed by atoms with E-state index in [0.29, 0.717) is 8.92 Å². The number of nitrogens with one attached hydrogen (secondary N) is 2. The van der Waals surface area contributed by atoms with Crippen molar-refractivity contribution in [3.05, 3.63) is 9.98 Å². The molecule has 0 aliphatic heterocycles. The number of carbonyl (C=O) groups excluding carboxylic acids is 1. The van der Waals surface area contributed by atoms with Crippen molar-refractivity contribution in [2.45, 2.75) is 12.5 Å². The summed E-state index contributed by atoms with van der Waals surface area (Å²) in [5, 5.41) is 13.8. The number of carbonyl (C=O) groups is 2. The third kappa shape index (κ3) is 6.30. The van der Waals surface area contributed by atoms with Gasteiger partial charge in [-0.25, -0.2) is 23.0 Å². The predicted molar refractivity (Wildman–Crippen MR) is 77.7 cm³/mol. The first-order valence-electron chi connectivity index (χ1n) is 5.27. The molecule has 112 valence electrons. The normalized spacial score (nSPS) is 12.7. The Labute approximate surface area is 127 Å². The number of halogens is 1. The summed E-state index contributed by atoms with van der Waals surface area (Å²) >= 11 is 4.33. The average molecular weight is 386 g/mol. The fraction of sp³-hybridized carbons (Fsp3) is 0.444. The lowest BCUT2D eigenvalue weighted by atomic mass is 10.2. The van der Waals surface area contributed by atoms with Crippen LogP contribution in [0.3, 0.4) is 0 Å². The predicted octanol–water partition coefficient (Wildman–Crippen LogP) is 0.915. The third-order valence-corrected chi connectivity index (χ3v) is 4.45. The molecule has 3 N–H and O–H groups in total. The molecule has 0 saturated carbocycles. The minimum absolute atomic E-state index is 0.205. The number of sulfone groups is 1. The van der Waals surface area contributed by atoms with E-state index < -0.39 is 27.9 Å². The van der Waals surface area contributed by atoms with Gasteiger partial charge < -0.3 is 10.4 Å². The minimum atomic E-state index is -3.30. The number of aromatic nitrogens is 1. The van der Waals surface area contributed by atoms with Gasteiger partial charge in [-0.05, 0) is 22.4 Å². The van der Waals surface area contributed by atoms with Gasteiger partial charge in [0.05, 0.1) is 15.7 Å². The van der Waals surface area contributed by atoms with Gasteiger partial charge in [-0.1, -0.05) is 11.3 Å². The van der Waals surface area contributed by atoms with Crippen molar-refractivity contribution in [2.75, 3.05) is 17.3 Å². The summed E-state index contributed by atoms with van der Waals surface area (Å²) in [6.45, 7) is 0. The van der Waals surface area contributed by atoms with E-state index in [1.807, 2.05) is 0 Å². The lowest BCUT2D eigenvalue weighted by molar-refractivity contribution is -0.139. The Balaban J connectivity index is 2.57. The van der Waals surface area contributed by atoms with Gasteiger partial charge >= 0.3 is 12.0 Å². The summed E-state index contributed by atoms with van der Waals surface area (Å²) in [7, 11) is -3.30. The number of urea groups is 1. The smallest absolute Gasteiger partial charge is 0.326 e. The summed E-state index contributed by atoms with van der Waals surface area (Å²) < 4.78 is 22.7. The third-order valence-electron chi connectivity index (χ3n) is 2.08. The van der Waals surface area contributed by atoms with Crippen LogP contribution in [0.4, 0.5) is 9.93 Å². The van der Waals surface area contributed by atoms with Gasteiger partial charge in [-0.15, -0.1) is 0 Å². The number of hydrogen-bond donors (Lipinski definition) is 3. The van der Waals surface area contributed by atoms with Crippen LogP contribution in [0.2, 0.25) is 0 Å². The highest BCUT2D eigenvalue weighted by Crippen LogP contribution is 2.22. The molecule has 1 heterocycles. The van der Waals surface area contributed by atoms with Gasteiger partial charge in [0.25, 0.3) is 0 Å². The van der Waals surface area contributed by atoms with Gasteiger partial charge in [-0.3, -0.25) is 5.32 Å². The first-order valence-corrected chi connectivity index (χ1v) is 8.94. The summed E-state index contributed by atoms with van der Waals surface area (Å²) in [5.41, 5.74) is 0. The molecule has 1 aromatic heterocycles. The molecule has 0 fully saturated rings. The standard InChI is InChI=1S/C9H12BrN3O5S2/c1-20(17,18)3-2-5(7(14)15)12-8(16)13-9-11-4-6(10)19-9/h4-5H,2-3H2,1H3,(H,14,15)(H2,11,12,13,16). The first kappa shape index (κ1) is 16.9. The van der Waals surface area contributed by atoms with E-state index in [4.69, 9.17) is 5.11 Å². The van der Waals surface area contributed by atoms with Gasteiger partial charge in [0.1, 0.15) is 15.9 Å². The number of hydrogen-bond acceptors (Lipinski definition) is 6. The molecule has 0 aliphatic carbocycles. The molecule has 8 nitrogen and oxygen atoms in total. The highest BCUT2D eigenvalue weighted by atomic mass is 79.9. The lowest BCUT2D eigenvalue weighted by Crippen LogP contribution is -2.43. The summed E-state index contributed by atoms with van der Waals surface area (Å²) in [4.78, 5) is 26.4. The molecule has 1 aromatic rings. The SMILES string of the molecule is CS(=O)(=O)CCC(NC(=O)Nc1ncc(Br)s1)C(=O)O. The molecule has 20 heavy (non-hydrogen) atoms. The van der Waals surface area contributed by atoms with E-state index in [9.17, 15) is 18.0 Å². The Morgan fingerprint density at radius 3 is 2.65 bits per heavy atom. The maximum absolute atomic E-state index is 11.6. The highest BCUT2D eigenvalue weighted by molar-refractivity contribution is 9.11. The number of aliphatic carboxylic acids is 1. The number of anilines is 1. The topological polar surface area (TPSA) is 125 Å². The zero-order chi connectivity index (χ0) is 15.3. The number of amides is 2. The number of nitrogens with zero attached hydrogens (tertiary/aromatic N) is 1. The Bertz CT molecular complexity index is 600. The quantitative estimate of drug-likeness (QED) is 0.668. The lowest BCUT2D eigenvalue weighted by Gasteiger charge is -2.13. The Morgan fingerprint density at radius 2 is 2.20 bits per heavy atom. The van der Waals surface area contributed by atoms with Crippen LogP contribution < -0.4 is 10.6 Å². The van der Waals surface area contributed by atoms with Crippen LogP contribution in [0.1, 0.15) is 6.42 Å². The number of thiazole rings is 1. The fourth-order valence-electron chi connectivity index (χ4n) is 1.19. The van der Waals surface area contributed by atoms with Crippen LogP contribution in [0, 0.1) is 0 Å². The van der Waals surface area contributed by atoms with Crippen LogP contribution >= 0.6 is 27.3 Å². The van der Waals surface area contributed by atoms with Crippen LogP contribution in [0.5, 0.6) is 0 Å². The van der Waals surface area contributed by atoms with Crippen molar-refractivity contribution < 1.29 is 23.1 Å². The molecule has 0 aliphatic rings. The molecule has 1 unspecified atom stereocenters. The minimum Gasteiger partial charge on any atom is -0.480 e. The molecule has 1 rings (SSSR count). The molecular formula is C9H12BrN3O5S2. The molecule has 2 amide bonds. The maximum Gasteiger partial charge on any atom is 0.326 e. The molecule has 0 aromatic carbocycles. The Hall–Kier alpha value is -1.20. The van der Waals surface area contributed by atoms with E-state index >= 15 is 0 Å². The summed E-state index contributed by atoms with van der Waals surface area (Å²) in [6.07, 6.45) is 2.28. The van der Waals surface area contributed by atoms with Crippen molar-refractivity contribution in [1.29, 1.82) is 0 Å². The van der Waals surface area contributed by atoms with Gasteiger partial charge in [-0.2, -0.15) is 0 Å². The van der Waals surface area contributed by atoms with Crippen molar-refractivity contribution in [3.63, 3.8) is 0 Å². The second-order valence-electron chi connectivity index (χ2n) is 3.88. The van der Waals surface area contributed by atoms with Crippen LogP contribution in [-0.4, -0.2) is 48.6 Å². The second kappa shape index (κ2) is 6.99. The van der Waals surface area contributed by atoms with Crippen molar-refractivity contribution in [1.82, 2.24) is 10.3 Å².